The van der Waals surface area contributed by atoms with Crippen molar-refractivity contribution in [2.45, 2.75) is 18.8 Å². The molecule has 0 aliphatic carbocycles. The number of hydrogen-bond donors (Lipinski definition) is 2. The van der Waals surface area contributed by atoms with Gasteiger partial charge in [-0.1, -0.05) is 6.07 Å². The molecule has 0 spiro atoms. The number of alkyl halides is 3. The maximum Gasteiger partial charge on any atom is 0.573 e. The summed E-state index contributed by atoms with van der Waals surface area (Å²) in [5, 5.41) is 19.2. The van der Waals surface area contributed by atoms with Crippen LogP contribution in [0.2, 0.25) is 0 Å². The molecule has 0 saturated carbocycles. The molecule has 0 amide bonds. The minimum atomic E-state index is -4.84. The van der Waals surface area contributed by atoms with E-state index in [-0.39, 0.29) is 17.8 Å². The molecule has 1 unspecified atom stereocenters. The Bertz CT molecular complexity index is 1400. The zero-order valence-electron chi connectivity index (χ0n) is 18.9. The predicted molar refractivity (Wildman–Crippen MR) is 126 cm³/mol. The summed E-state index contributed by atoms with van der Waals surface area (Å²) in [4.78, 5) is 12.7. The highest BCUT2D eigenvalue weighted by atomic mass is 19.4. The summed E-state index contributed by atoms with van der Waals surface area (Å²) in [7, 11) is 1.50. The third kappa shape index (κ3) is 5.71. The van der Waals surface area contributed by atoms with E-state index in [0.29, 0.717) is 11.4 Å². The smallest absolute Gasteiger partial charge is 0.494 e. The molecule has 2 heterocycles. The van der Waals surface area contributed by atoms with E-state index in [2.05, 4.69) is 20.3 Å². The van der Waals surface area contributed by atoms with Crippen molar-refractivity contribution in [2.24, 2.45) is 0 Å². The van der Waals surface area contributed by atoms with E-state index < -0.39 is 23.6 Å². The van der Waals surface area contributed by atoms with E-state index in [1.807, 2.05) is 6.07 Å². The summed E-state index contributed by atoms with van der Waals surface area (Å²) in [6.45, 7) is 0. The molecular weight excluding hydrogens is 477 g/mol. The van der Waals surface area contributed by atoms with E-state index in [1.165, 1.54) is 36.2 Å². The van der Waals surface area contributed by atoms with Crippen LogP contribution in [0.3, 0.4) is 0 Å². The molecule has 2 N–H and O–H groups in total. The normalized spacial score (nSPS) is 12.1. The molecule has 186 valence electrons. The van der Waals surface area contributed by atoms with Gasteiger partial charge in [-0.05, 0) is 36.5 Å². The number of halogens is 3. The van der Waals surface area contributed by atoms with Crippen LogP contribution in [0, 0.1) is 5.41 Å². The summed E-state index contributed by atoms with van der Waals surface area (Å²) in [6, 6.07) is 12.9. The van der Waals surface area contributed by atoms with Crippen LogP contribution < -0.4 is 20.2 Å². The summed E-state index contributed by atoms with van der Waals surface area (Å²) >= 11 is 0. The second kappa shape index (κ2) is 10.3. The van der Waals surface area contributed by atoms with Gasteiger partial charge in [-0.15, -0.1) is 13.2 Å². The Morgan fingerprint density at radius 2 is 1.94 bits per heavy atom. The molecule has 0 fully saturated rings. The number of nitrogens with zero attached hydrogens (tertiary/aromatic N) is 4. The molecule has 12 heteroatoms. The molecule has 0 saturated heterocycles. The second-order valence-electron chi connectivity index (χ2n) is 7.53. The van der Waals surface area contributed by atoms with E-state index in [0.717, 1.165) is 24.0 Å². The van der Waals surface area contributed by atoms with Crippen LogP contribution in [0.15, 0.2) is 78.0 Å². The van der Waals surface area contributed by atoms with E-state index in [1.54, 1.807) is 35.3 Å². The van der Waals surface area contributed by atoms with Crippen molar-refractivity contribution >= 4 is 11.9 Å². The van der Waals surface area contributed by atoms with Crippen molar-refractivity contribution in [1.29, 1.82) is 5.41 Å². The number of aromatic nitrogens is 4. The Morgan fingerprint density at radius 3 is 2.64 bits per heavy atom. The maximum atomic E-state index is 12.7. The Hall–Kier alpha value is -4.61. The molecule has 1 atom stereocenters. The lowest BCUT2D eigenvalue weighted by molar-refractivity contribution is -0.274. The molecule has 4 rings (SSSR count). The van der Waals surface area contributed by atoms with Gasteiger partial charge >= 0.3 is 6.36 Å². The predicted octanol–water partition coefficient (Wildman–Crippen LogP) is 4.52. The average molecular weight is 498 g/mol. The molecule has 0 aliphatic rings. The zero-order valence-corrected chi connectivity index (χ0v) is 18.9. The molecule has 4 aromatic rings. The average Bonchev–Trinajstić information content (AvgIpc) is 3.38. The Balaban J connectivity index is 1.68. The fourth-order valence-corrected chi connectivity index (χ4v) is 3.56. The number of benzene rings is 2. The van der Waals surface area contributed by atoms with Crippen LogP contribution in [0.25, 0.3) is 11.4 Å². The third-order valence-corrected chi connectivity index (χ3v) is 5.11. The van der Waals surface area contributed by atoms with Crippen LogP contribution >= 0.6 is 0 Å². The van der Waals surface area contributed by atoms with Gasteiger partial charge < -0.3 is 20.2 Å². The molecule has 0 radical (unpaired) electrons. The molecule has 9 nitrogen and oxygen atoms in total. The largest absolute Gasteiger partial charge is 0.573 e. The number of hydrogen-bond acceptors (Lipinski definition) is 7. The van der Waals surface area contributed by atoms with Gasteiger partial charge in [0.1, 0.15) is 22.9 Å². The lowest BCUT2D eigenvalue weighted by atomic mass is 10.1. The fourth-order valence-electron chi connectivity index (χ4n) is 3.56. The molecule has 2 aromatic heterocycles. The first-order valence-electron chi connectivity index (χ1n) is 10.7. The third-order valence-electron chi connectivity index (χ3n) is 5.11. The van der Waals surface area contributed by atoms with Crippen molar-refractivity contribution in [3.05, 3.63) is 89.1 Å². The first-order chi connectivity index (χ1) is 17.3. The van der Waals surface area contributed by atoms with Gasteiger partial charge in [0.2, 0.25) is 5.43 Å². The maximum absolute atomic E-state index is 12.7. The lowest BCUT2D eigenvalue weighted by Gasteiger charge is -2.19. The van der Waals surface area contributed by atoms with Crippen LogP contribution in [0.4, 0.5) is 18.9 Å². The number of nitrogens with one attached hydrogen (secondary N) is 2. The topological polar surface area (TPSA) is 107 Å². The number of anilines is 1. The molecule has 2 aromatic carbocycles. The quantitative estimate of drug-likeness (QED) is 0.329. The monoisotopic (exact) mass is 498 g/mol. The number of rotatable bonds is 9. The first kappa shape index (κ1) is 24.5. The van der Waals surface area contributed by atoms with Crippen molar-refractivity contribution in [3.63, 3.8) is 0 Å². The van der Waals surface area contributed by atoms with Crippen LogP contribution in [0.1, 0.15) is 18.2 Å². The minimum Gasteiger partial charge on any atom is -0.494 e. The first-order valence-corrected chi connectivity index (χ1v) is 10.7. The SMILES string of the molecule is COc1cc(-n2cccn2)ccc1-n1ccc(=O)c(C(CC=N)Nc2cccc(OC(F)(F)F)c2)n1. The fraction of sp³-hybridized carbons (Fsp3) is 0.167. The summed E-state index contributed by atoms with van der Waals surface area (Å²) in [5.74, 6) is 0.0557. The molecule has 0 aliphatic heterocycles. The van der Waals surface area contributed by atoms with Crippen LogP contribution in [-0.4, -0.2) is 39.2 Å². The van der Waals surface area contributed by atoms with Gasteiger partial charge in [-0.3, -0.25) is 4.79 Å². The molecule has 36 heavy (non-hydrogen) atoms. The standard InChI is InChI=1S/C24H21F3N6O3/c1-35-22-15-17(32-12-3-11-29-32)6-7-20(22)33-13-9-21(34)23(31-33)19(8-10-28)30-16-4-2-5-18(14-16)36-24(25,26)27/h2-7,9-15,19,28,30H,8H2,1H3. The van der Waals surface area contributed by atoms with Gasteiger partial charge in [0.05, 0.1) is 18.8 Å². The van der Waals surface area contributed by atoms with Gasteiger partial charge in [0, 0.05) is 48.9 Å². The summed E-state index contributed by atoms with van der Waals surface area (Å²) in [5.41, 5.74) is 1.23. The van der Waals surface area contributed by atoms with Crippen molar-refractivity contribution in [1.82, 2.24) is 19.6 Å². The van der Waals surface area contributed by atoms with E-state index >= 15 is 0 Å². The van der Waals surface area contributed by atoms with Gasteiger partial charge in [-0.2, -0.15) is 10.2 Å². The van der Waals surface area contributed by atoms with E-state index in [9.17, 15) is 18.0 Å². The van der Waals surface area contributed by atoms with Crippen LogP contribution in [0.5, 0.6) is 11.5 Å². The van der Waals surface area contributed by atoms with Crippen LogP contribution in [-0.2, 0) is 0 Å². The van der Waals surface area contributed by atoms with Crippen molar-refractivity contribution in [2.75, 3.05) is 12.4 Å². The lowest BCUT2D eigenvalue weighted by Crippen LogP contribution is -2.24. The zero-order chi connectivity index (χ0) is 25.7. The minimum absolute atomic E-state index is 0.0615. The summed E-state index contributed by atoms with van der Waals surface area (Å²) < 4.78 is 50.4. The second-order valence-corrected chi connectivity index (χ2v) is 7.53. The highest BCUT2D eigenvalue weighted by Gasteiger charge is 2.31. The highest BCUT2D eigenvalue weighted by Crippen LogP contribution is 2.28. The Kier molecular flexibility index (Phi) is 7.04. The van der Waals surface area contributed by atoms with Gasteiger partial charge in [0.25, 0.3) is 0 Å². The van der Waals surface area contributed by atoms with Gasteiger partial charge in [0.15, 0.2) is 0 Å². The number of ether oxygens (including phenoxy) is 2. The Morgan fingerprint density at radius 1 is 1.11 bits per heavy atom. The Labute approximate surface area is 203 Å². The highest BCUT2D eigenvalue weighted by molar-refractivity contribution is 5.58. The van der Waals surface area contributed by atoms with Crippen molar-refractivity contribution < 1.29 is 22.6 Å². The molecular formula is C24H21F3N6O3. The van der Waals surface area contributed by atoms with E-state index in [4.69, 9.17) is 10.1 Å². The molecule has 0 bridgehead atoms. The van der Waals surface area contributed by atoms with Crippen molar-refractivity contribution in [3.8, 4) is 22.9 Å². The summed E-state index contributed by atoms with van der Waals surface area (Å²) in [6.07, 6.45) is 1.23. The number of methoxy groups -OCH3 is 1. The van der Waals surface area contributed by atoms with Gasteiger partial charge in [-0.25, -0.2) is 9.36 Å².